The number of methoxy groups -OCH3 is 1. The summed E-state index contributed by atoms with van der Waals surface area (Å²) < 4.78 is 18.5. The zero-order chi connectivity index (χ0) is 21.6. The normalized spacial score (nSPS) is 13.8. The van der Waals surface area contributed by atoms with Crippen LogP contribution in [0.25, 0.3) is 11.3 Å². The Balaban J connectivity index is 1.58. The number of anilines is 1. The molecular formula is C23H26N4O4. The van der Waals surface area contributed by atoms with Crippen molar-refractivity contribution in [3.8, 4) is 22.8 Å². The van der Waals surface area contributed by atoms with Gasteiger partial charge in [-0.15, -0.1) is 0 Å². The molecule has 8 heteroatoms. The van der Waals surface area contributed by atoms with Gasteiger partial charge in [0.05, 0.1) is 38.8 Å². The number of ether oxygens (including phenoxy) is 3. The van der Waals surface area contributed by atoms with E-state index in [1.165, 1.54) is 6.07 Å². The molecule has 1 fully saturated rings. The number of nitrogens with zero attached hydrogens (tertiary/aromatic N) is 4. The Bertz CT molecular complexity index is 1090. The van der Waals surface area contributed by atoms with Gasteiger partial charge in [-0.2, -0.15) is 0 Å². The molecular weight excluding hydrogens is 396 g/mol. The minimum absolute atomic E-state index is 0.122. The largest absolute Gasteiger partial charge is 0.496 e. The Labute approximate surface area is 181 Å². The molecule has 0 amide bonds. The SMILES string of the molecule is COc1ccccc1CCOc1cnccc1-c1cc(=O)n(C)c(N2CCOCC2)n1. The standard InChI is InChI=1S/C23H26N4O4/c1-26-22(28)15-19(25-23(26)27-10-13-30-14-11-27)18-7-9-24-16-21(18)31-12-8-17-5-3-4-6-20(17)29-2/h3-7,9,15-16H,8,10-14H2,1-2H3. The predicted octanol–water partition coefficient (Wildman–Crippen LogP) is 2.31. The summed E-state index contributed by atoms with van der Waals surface area (Å²) in [5, 5.41) is 0. The number of morpholine rings is 1. The molecule has 0 unspecified atom stereocenters. The molecule has 31 heavy (non-hydrogen) atoms. The second-order valence-corrected chi connectivity index (χ2v) is 7.22. The van der Waals surface area contributed by atoms with E-state index in [-0.39, 0.29) is 5.56 Å². The number of hydrogen-bond acceptors (Lipinski definition) is 7. The molecule has 1 aliphatic heterocycles. The first-order valence-electron chi connectivity index (χ1n) is 10.3. The minimum Gasteiger partial charge on any atom is -0.496 e. The maximum atomic E-state index is 12.7. The van der Waals surface area contributed by atoms with Crippen LogP contribution in [0.4, 0.5) is 5.95 Å². The Morgan fingerprint density at radius 3 is 2.74 bits per heavy atom. The second kappa shape index (κ2) is 9.61. The van der Waals surface area contributed by atoms with E-state index in [0.717, 1.165) is 16.9 Å². The maximum Gasteiger partial charge on any atom is 0.255 e. The number of rotatable bonds is 7. The van der Waals surface area contributed by atoms with Crippen LogP contribution in [0, 0.1) is 0 Å². The van der Waals surface area contributed by atoms with Gasteiger partial charge in [-0.1, -0.05) is 18.2 Å². The lowest BCUT2D eigenvalue weighted by Gasteiger charge is -2.29. The highest BCUT2D eigenvalue weighted by molar-refractivity contribution is 5.67. The van der Waals surface area contributed by atoms with Gasteiger partial charge < -0.3 is 19.1 Å². The van der Waals surface area contributed by atoms with Gasteiger partial charge in [0.2, 0.25) is 5.95 Å². The quantitative estimate of drug-likeness (QED) is 0.578. The van der Waals surface area contributed by atoms with Crippen LogP contribution in [0.15, 0.2) is 53.6 Å². The molecule has 4 rings (SSSR count). The third-order valence-corrected chi connectivity index (χ3v) is 5.29. The molecule has 1 saturated heterocycles. The molecule has 1 aliphatic rings. The van der Waals surface area contributed by atoms with Gasteiger partial charge in [0.15, 0.2) is 0 Å². The smallest absolute Gasteiger partial charge is 0.255 e. The predicted molar refractivity (Wildman–Crippen MR) is 118 cm³/mol. The molecule has 8 nitrogen and oxygen atoms in total. The van der Waals surface area contributed by atoms with Crippen LogP contribution in [-0.4, -0.2) is 54.6 Å². The van der Waals surface area contributed by atoms with E-state index in [1.807, 2.05) is 30.3 Å². The van der Waals surface area contributed by atoms with Crippen molar-refractivity contribution < 1.29 is 14.2 Å². The van der Waals surface area contributed by atoms with Crippen molar-refractivity contribution in [1.29, 1.82) is 0 Å². The molecule has 0 radical (unpaired) electrons. The molecule has 0 atom stereocenters. The van der Waals surface area contributed by atoms with Gasteiger partial charge in [-0.25, -0.2) is 4.98 Å². The van der Waals surface area contributed by atoms with Crippen molar-refractivity contribution in [2.45, 2.75) is 6.42 Å². The topological polar surface area (TPSA) is 78.7 Å². The molecule has 162 valence electrons. The number of hydrogen-bond donors (Lipinski definition) is 0. The molecule has 0 spiro atoms. The number of benzene rings is 1. The monoisotopic (exact) mass is 422 g/mol. The number of pyridine rings is 1. The number of para-hydroxylation sites is 1. The molecule has 1 aromatic carbocycles. The molecule has 2 aromatic heterocycles. The maximum absolute atomic E-state index is 12.7. The minimum atomic E-state index is -0.122. The average Bonchev–Trinajstić information content (AvgIpc) is 2.82. The van der Waals surface area contributed by atoms with E-state index in [2.05, 4.69) is 9.88 Å². The Kier molecular flexibility index (Phi) is 6.47. The molecule has 0 saturated carbocycles. The van der Waals surface area contributed by atoms with Crippen molar-refractivity contribution in [2.24, 2.45) is 7.05 Å². The molecule has 3 heterocycles. The summed E-state index contributed by atoms with van der Waals surface area (Å²) in [6.07, 6.45) is 4.02. The van der Waals surface area contributed by atoms with Gasteiger partial charge in [0.1, 0.15) is 11.5 Å². The fourth-order valence-electron chi connectivity index (χ4n) is 3.60. The van der Waals surface area contributed by atoms with E-state index in [9.17, 15) is 4.79 Å². The first-order chi connectivity index (χ1) is 15.2. The van der Waals surface area contributed by atoms with Crippen molar-refractivity contribution in [3.63, 3.8) is 0 Å². The molecule has 0 N–H and O–H groups in total. The zero-order valence-corrected chi connectivity index (χ0v) is 17.8. The van der Waals surface area contributed by atoms with Gasteiger partial charge >= 0.3 is 0 Å². The summed E-state index contributed by atoms with van der Waals surface area (Å²) in [4.78, 5) is 23.7. The fourth-order valence-corrected chi connectivity index (χ4v) is 3.60. The number of aromatic nitrogens is 3. The highest BCUT2D eigenvalue weighted by Gasteiger charge is 2.19. The summed E-state index contributed by atoms with van der Waals surface area (Å²) in [7, 11) is 3.40. The lowest BCUT2D eigenvalue weighted by Crippen LogP contribution is -2.40. The van der Waals surface area contributed by atoms with Crippen LogP contribution in [-0.2, 0) is 18.2 Å². The Hall–Kier alpha value is -3.39. The van der Waals surface area contributed by atoms with Gasteiger partial charge in [-0.3, -0.25) is 14.3 Å². The molecule has 3 aromatic rings. The van der Waals surface area contributed by atoms with Crippen LogP contribution in [0.2, 0.25) is 0 Å². The average molecular weight is 422 g/mol. The lowest BCUT2D eigenvalue weighted by atomic mass is 10.1. The lowest BCUT2D eigenvalue weighted by molar-refractivity contribution is 0.121. The van der Waals surface area contributed by atoms with Gasteiger partial charge in [-0.05, 0) is 17.7 Å². The van der Waals surface area contributed by atoms with Crippen LogP contribution in [0.1, 0.15) is 5.56 Å². The molecule has 0 aliphatic carbocycles. The van der Waals surface area contributed by atoms with E-state index < -0.39 is 0 Å². The summed E-state index contributed by atoms with van der Waals surface area (Å²) in [5.74, 6) is 2.05. The van der Waals surface area contributed by atoms with E-state index >= 15 is 0 Å². The summed E-state index contributed by atoms with van der Waals surface area (Å²) in [6.45, 7) is 3.07. The first kappa shape index (κ1) is 20.9. The van der Waals surface area contributed by atoms with Crippen molar-refractivity contribution in [2.75, 3.05) is 44.9 Å². The highest BCUT2D eigenvalue weighted by Crippen LogP contribution is 2.28. The Morgan fingerprint density at radius 2 is 1.94 bits per heavy atom. The van der Waals surface area contributed by atoms with Crippen molar-refractivity contribution in [3.05, 3.63) is 64.7 Å². The van der Waals surface area contributed by atoms with E-state index in [1.54, 1.807) is 31.1 Å². The zero-order valence-electron chi connectivity index (χ0n) is 17.8. The van der Waals surface area contributed by atoms with Crippen LogP contribution >= 0.6 is 0 Å². The van der Waals surface area contributed by atoms with Gasteiger partial charge in [0.25, 0.3) is 5.56 Å². The Morgan fingerprint density at radius 1 is 1.13 bits per heavy atom. The summed E-state index contributed by atoms with van der Waals surface area (Å²) in [5.41, 5.74) is 2.25. The first-order valence-corrected chi connectivity index (χ1v) is 10.3. The summed E-state index contributed by atoms with van der Waals surface area (Å²) >= 11 is 0. The third-order valence-electron chi connectivity index (χ3n) is 5.29. The van der Waals surface area contributed by atoms with Gasteiger partial charge in [0, 0.05) is 44.4 Å². The summed E-state index contributed by atoms with van der Waals surface area (Å²) in [6, 6.07) is 11.2. The van der Waals surface area contributed by atoms with E-state index in [0.29, 0.717) is 56.7 Å². The highest BCUT2D eigenvalue weighted by atomic mass is 16.5. The van der Waals surface area contributed by atoms with Crippen LogP contribution in [0.3, 0.4) is 0 Å². The van der Waals surface area contributed by atoms with Crippen molar-refractivity contribution in [1.82, 2.24) is 14.5 Å². The van der Waals surface area contributed by atoms with Crippen LogP contribution in [0.5, 0.6) is 11.5 Å². The van der Waals surface area contributed by atoms with E-state index in [4.69, 9.17) is 19.2 Å². The molecule has 0 bridgehead atoms. The third kappa shape index (κ3) is 4.69. The van der Waals surface area contributed by atoms with Crippen LogP contribution < -0.4 is 19.9 Å². The second-order valence-electron chi connectivity index (χ2n) is 7.22. The van der Waals surface area contributed by atoms with Crippen molar-refractivity contribution >= 4 is 5.95 Å². The fraction of sp³-hybridized carbons (Fsp3) is 0.348.